The van der Waals surface area contributed by atoms with Crippen LogP contribution in [0.1, 0.15) is 30.1 Å². The summed E-state index contributed by atoms with van der Waals surface area (Å²) in [5.74, 6) is 0.838. The lowest BCUT2D eigenvalue weighted by molar-refractivity contribution is 0.0955. The molecule has 104 valence electrons. The smallest absolute Gasteiger partial charge is 0.251 e. The first-order valence-electron chi connectivity index (χ1n) is 6.63. The van der Waals surface area contributed by atoms with Gasteiger partial charge in [-0.15, -0.1) is 11.8 Å². The van der Waals surface area contributed by atoms with Crippen LogP contribution in [-0.2, 0) is 4.74 Å². The van der Waals surface area contributed by atoms with Crippen molar-refractivity contribution in [3.05, 3.63) is 23.8 Å². The van der Waals surface area contributed by atoms with E-state index in [1.807, 2.05) is 13.0 Å². The molecule has 19 heavy (non-hydrogen) atoms. The molecule has 1 aromatic rings. The second-order valence-corrected chi connectivity index (χ2v) is 5.62. The summed E-state index contributed by atoms with van der Waals surface area (Å²) in [5.41, 5.74) is 7.33. The first-order valence-corrected chi connectivity index (χ1v) is 7.61. The Balaban J connectivity index is 2.01. The van der Waals surface area contributed by atoms with E-state index in [-0.39, 0.29) is 5.91 Å². The van der Waals surface area contributed by atoms with Gasteiger partial charge in [-0.05, 0) is 38.0 Å². The maximum absolute atomic E-state index is 11.8. The molecule has 1 aliphatic rings. The quantitative estimate of drug-likeness (QED) is 0.641. The lowest BCUT2D eigenvalue weighted by Crippen LogP contribution is -2.22. The van der Waals surface area contributed by atoms with Crippen molar-refractivity contribution in [2.45, 2.75) is 30.8 Å². The Kier molecular flexibility index (Phi) is 5.10. The fraction of sp³-hybridized carbons (Fsp3) is 0.500. The highest BCUT2D eigenvalue weighted by Gasteiger charge is 2.16. The van der Waals surface area contributed by atoms with Crippen molar-refractivity contribution in [2.75, 3.05) is 24.6 Å². The summed E-state index contributed by atoms with van der Waals surface area (Å²) < 4.78 is 5.59. The normalized spacial score (nSPS) is 18.5. The van der Waals surface area contributed by atoms with Crippen molar-refractivity contribution in [1.29, 1.82) is 0 Å². The van der Waals surface area contributed by atoms with E-state index in [0.717, 1.165) is 35.8 Å². The van der Waals surface area contributed by atoms with Gasteiger partial charge in [0.15, 0.2) is 0 Å². The van der Waals surface area contributed by atoms with Crippen LogP contribution in [0.3, 0.4) is 0 Å². The van der Waals surface area contributed by atoms with Gasteiger partial charge in [-0.1, -0.05) is 0 Å². The number of hydrogen-bond acceptors (Lipinski definition) is 4. The van der Waals surface area contributed by atoms with Gasteiger partial charge < -0.3 is 15.8 Å². The van der Waals surface area contributed by atoms with Crippen LogP contribution in [-0.4, -0.2) is 30.9 Å². The first-order chi connectivity index (χ1) is 9.20. The van der Waals surface area contributed by atoms with E-state index in [4.69, 9.17) is 10.5 Å². The maximum atomic E-state index is 11.8. The van der Waals surface area contributed by atoms with Crippen molar-refractivity contribution < 1.29 is 9.53 Å². The van der Waals surface area contributed by atoms with Crippen molar-refractivity contribution in [3.8, 4) is 0 Å². The van der Waals surface area contributed by atoms with Crippen LogP contribution >= 0.6 is 11.8 Å². The zero-order valence-corrected chi connectivity index (χ0v) is 12.0. The average molecular weight is 280 g/mol. The zero-order valence-electron chi connectivity index (χ0n) is 11.1. The molecule has 1 heterocycles. The second kappa shape index (κ2) is 6.82. The van der Waals surface area contributed by atoms with Gasteiger partial charge in [-0.3, -0.25) is 4.79 Å². The van der Waals surface area contributed by atoms with E-state index >= 15 is 0 Å². The molecule has 1 fully saturated rings. The number of thioether (sulfide) groups is 1. The van der Waals surface area contributed by atoms with E-state index in [0.29, 0.717) is 18.2 Å². The number of nitrogen functional groups attached to an aromatic ring is 1. The molecule has 0 saturated carbocycles. The standard InChI is InChI=1S/C14H20N2O2S/c1-2-16-14(17)10-5-6-12(15)13(8-10)19-9-11-4-3-7-18-11/h5-6,8,11H,2-4,7,9,15H2,1H3,(H,16,17). The molecular formula is C14H20N2O2S. The van der Waals surface area contributed by atoms with Crippen LogP contribution < -0.4 is 11.1 Å². The van der Waals surface area contributed by atoms with E-state index in [9.17, 15) is 4.79 Å². The minimum absolute atomic E-state index is 0.0542. The van der Waals surface area contributed by atoms with Crippen LogP contribution in [0.2, 0.25) is 0 Å². The number of carbonyl (C=O) groups excluding carboxylic acids is 1. The van der Waals surface area contributed by atoms with Gasteiger partial charge in [0, 0.05) is 35.1 Å². The molecule has 3 N–H and O–H groups in total. The molecule has 5 heteroatoms. The molecule has 1 saturated heterocycles. The minimum Gasteiger partial charge on any atom is -0.398 e. The van der Waals surface area contributed by atoms with Crippen LogP contribution in [0.5, 0.6) is 0 Å². The summed E-state index contributed by atoms with van der Waals surface area (Å²) in [6.45, 7) is 3.39. The molecule has 0 aromatic heterocycles. The third-order valence-electron chi connectivity index (χ3n) is 3.06. The minimum atomic E-state index is -0.0542. The monoisotopic (exact) mass is 280 g/mol. The number of hydrogen-bond donors (Lipinski definition) is 2. The van der Waals surface area contributed by atoms with Crippen LogP contribution in [0, 0.1) is 0 Å². The van der Waals surface area contributed by atoms with Gasteiger partial charge in [0.05, 0.1) is 6.10 Å². The summed E-state index contributed by atoms with van der Waals surface area (Å²) in [6.07, 6.45) is 2.57. The van der Waals surface area contributed by atoms with Crippen LogP contribution in [0.4, 0.5) is 5.69 Å². The molecule has 0 radical (unpaired) electrons. The number of amides is 1. The molecule has 1 atom stereocenters. The Morgan fingerprint density at radius 1 is 1.58 bits per heavy atom. The van der Waals surface area contributed by atoms with E-state index in [2.05, 4.69) is 5.32 Å². The number of ether oxygens (including phenoxy) is 1. The van der Waals surface area contributed by atoms with Gasteiger partial charge >= 0.3 is 0 Å². The molecule has 4 nitrogen and oxygen atoms in total. The summed E-state index contributed by atoms with van der Waals surface area (Å²) in [4.78, 5) is 12.7. The molecule has 0 spiro atoms. The Bertz CT molecular complexity index is 445. The molecule has 0 bridgehead atoms. The summed E-state index contributed by atoms with van der Waals surface area (Å²) in [6, 6.07) is 5.42. The zero-order chi connectivity index (χ0) is 13.7. The molecular weight excluding hydrogens is 260 g/mol. The Morgan fingerprint density at radius 2 is 2.42 bits per heavy atom. The van der Waals surface area contributed by atoms with Gasteiger partial charge in [0.25, 0.3) is 5.91 Å². The maximum Gasteiger partial charge on any atom is 0.251 e. The fourth-order valence-corrected chi connectivity index (χ4v) is 3.10. The average Bonchev–Trinajstić information content (AvgIpc) is 2.91. The third kappa shape index (κ3) is 3.88. The van der Waals surface area contributed by atoms with Gasteiger partial charge in [0.2, 0.25) is 0 Å². The molecule has 0 aliphatic carbocycles. The number of nitrogens with one attached hydrogen (secondary N) is 1. The SMILES string of the molecule is CCNC(=O)c1ccc(N)c(SCC2CCCO2)c1. The number of rotatable bonds is 5. The number of anilines is 1. The summed E-state index contributed by atoms with van der Waals surface area (Å²) in [7, 11) is 0. The van der Waals surface area contributed by atoms with E-state index in [1.165, 1.54) is 0 Å². The van der Waals surface area contributed by atoms with Crippen LogP contribution in [0.25, 0.3) is 0 Å². The van der Waals surface area contributed by atoms with Gasteiger partial charge in [0.1, 0.15) is 0 Å². The lowest BCUT2D eigenvalue weighted by Gasteiger charge is -2.11. The predicted molar refractivity (Wildman–Crippen MR) is 78.6 cm³/mol. The van der Waals surface area contributed by atoms with E-state index < -0.39 is 0 Å². The van der Waals surface area contributed by atoms with E-state index in [1.54, 1.807) is 23.9 Å². The molecule has 2 rings (SSSR count). The topological polar surface area (TPSA) is 64.4 Å². The number of carbonyl (C=O) groups is 1. The van der Waals surface area contributed by atoms with Gasteiger partial charge in [-0.2, -0.15) is 0 Å². The number of benzene rings is 1. The summed E-state index contributed by atoms with van der Waals surface area (Å²) in [5, 5.41) is 2.79. The Hall–Kier alpha value is -1.20. The Labute approximate surface area is 118 Å². The highest BCUT2D eigenvalue weighted by molar-refractivity contribution is 7.99. The largest absolute Gasteiger partial charge is 0.398 e. The van der Waals surface area contributed by atoms with Crippen molar-refractivity contribution >= 4 is 23.4 Å². The molecule has 1 aromatic carbocycles. The Morgan fingerprint density at radius 3 is 3.11 bits per heavy atom. The predicted octanol–water partition coefficient (Wildman–Crippen LogP) is 2.29. The molecule has 1 amide bonds. The highest BCUT2D eigenvalue weighted by Crippen LogP contribution is 2.29. The van der Waals surface area contributed by atoms with Crippen LogP contribution in [0.15, 0.2) is 23.1 Å². The third-order valence-corrected chi connectivity index (χ3v) is 4.26. The molecule has 1 aliphatic heterocycles. The highest BCUT2D eigenvalue weighted by atomic mass is 32.2. The van der Waals surface area contributed by atoms with Crippen molar-refractivity contribution in [1.82, 2.24) is 5.32 Å². The van der Waals surface area contributed by atoms with Crippen molar-refractivity contribution in [3.63, 3.8) is 0 Å². The van der Waals surface area contributed by atoms with Crippen molar-refractivity contribution in [2.24, 2.45) is 0 Å². The summed E-state index contributed by atoms with van der Waals surface area (Å²) >= 11 is 1.66. The second-order valence-electron chi connectivity index (χ2n) is 4.56. The first kappa shape index (κ1) is 14.2. The number of nitrogens with two attached hydrogens (primary N) is 1. The lowest BCUT2D eigenvalue weighted by atomic mass is 10.2. The fourth-order valence-electron chi connectivity index (χ4n) is 2.02. The molecule has 1 unspecified atom stereocenters. The van der Waals surface area contributed by atoms with Gasteiger partial charge in [-0.25, -0.2) is 0 Å².